The lowest BCUT2D eigenvalue weighted by Gasteiger charge is -2.34. The number of benzene rings is 3. The molecule has 15 heteroatoms. The second-order valence-electron chi connectivity index (χ2n) is 12.5. The Morgan fingerprint density at radius 3 is 2.49 bits per heavy atom. The van der Waals surface area contributed by atoms with Crippen molar-refractivity contribution >= 4 is 28.4 Å². The highest BCUT2D eigenvalue weighted by molar-refractivity contribution is 6.04. The largest absolute Gasteiger partial charge is 0.497 e. The zero-order chi connectivity index (χ0) is 37.1. The van der Waals surface area contributed by atoms with E-state index in [4.69, 9.17) is 14.6 Å². The summed E-state index contributed by atoms with van der Waals surface area (Å²) >= 11 is 0. The molecule has 12 nitrogen and oxygen atoms in total. The van der Waals surface area contributed by atoms with E-state index in [2.05, 4.69) is 25.6 Å². The lowest BCUT2D eigenvalue weighted by Crippen LogP contribution is -2.47. The Labute approximate surface area is 301 Å². The predicted octanol–water partition coefficient (Wildman–Crippen LogP) is 6.20. The molecule has 3 aromatic heterocycles. The van der Waals surface area contributed by atoms with Crippen molar-refractivity contribution in [2.75, 3.05) is 37.4 Å². The number of piperidine rings is 1. The Morgan fingerprint density at radius 2 is 1.77 bits per heavy atom. The fourth-order valence-corrected chi connectivity index (χ4v) is 6.19. The number of hydrogen-bond acceptors (Lipinski definition) is 9. The maximum Gasteiger partial charge on any atom is 0.284 e. The SMILES string of the molecule is CCN1CCC(Nc2nn(Cc3ccc(OC)cc3)c3nccc(Oc4ccc(NC(=O)c5ccnn(-c6ccc(F)cc6)c5=O)cc4F)c23)[C@H](F)C1. The van der Waals surface area contributed by atoms with E-state index in [-0.39, 0.29) is 28.4 Å². The Balaban J connectivity index is 1.15. The van der Waals surface area contributed by atoms with E-state index in [1.165, 1.54) is 54.9 Å². The van der Waals surface area contributed by atoms with Gasteiger partial charge in [0.05, 0.1) is 25.4 Å². The topological polar surface area (TPSA) is 128 Å². The molecule has 1 amide bonds. The smallest absolute Gasteiger partial charge is 0.284 e. The molecule has 4 heterocycles. The summed E-state index contributed by atoms with van der Waals surface area (Å²) < 4.78 is 58.4. The third kappa shape index (κ3) is 7.55. The van der Waals surface area contributed by atoms with Crippen molar-refractivity contribution in [2.45, 2.75) is 32.1 Å². The number of rotatable bonds is 11. The van der Waals surface area contributed by atoms with E-state index < -0.39 is 35.3 Å². The van der Waals surface area contributed by atoms with Crippen molar-refractivity contribution in [3.05, 3.63) is 124 Å². The summed E-state index contributed by atoms with van der Waals surface area (Å²) in [6.45, 7) is 4.10. The first-order valence-electron chi connectivity index (χ1n) is 16.9. The summed E-state index contributed by atoms with van der Waals surface area (Å²) in [6, 6.07) is 18.7. The van der Waals surface area contributed by atoms with E-state index in [1.54, 1.807) is 17.9 Å². The molecule has 1 unspecified atom stereocenters. The molecule has 0 radical (unpaired) electrons. The molecule has 6 aromatic rings. The van der Waals surface area contributed by atoms with Crippen molar-refractivity contribution in [3.8, 4) is 22.9 Å². The molecular formula is C38H35F3N8O4. The minimum absolute atomic E-state index is 0.0614. The molecule has 1 fully saturated rings. The number of amides is 1. The fraction of sp³-hybridized carbons (Fsp3) is 0.237. The number of methoxy groups -OCH3 is 1. The lowest BCUT2D eigenvalue weighted by atomic mass is 10.0. The van der Waals surface area contributed by atoms with Crippen LogP contribution in [0.1, 0.15) is 29.3 Å². The van der Waals surface area contributed by atoms with Crippen LogP contribution >= 0.6 is 0 Å². The number of anilines is 2. The summed E-state index contributed by atoms with van der Waals surface area (Å²) in [4.78, 5) is 32.8. The van der Waals surface area contributed by atoms with Gasteiger partial charge < -0.3 is 25.0 Å². The number of likely N-dealkylation sites (tertiary alicyclic amines) is 1. The first kappa shape index (κ1) is 35.2. The maximum absolute atomic E-state index is 15.6. The molecule has 2 N–H and O–H groups in total. The molecule has 1 aliphatic heterocycles. The molecule has 1 saturated heterocycles. The molecule has 0 bridgehead atoms. The van der Waals surface area contributed by atoms with Crippen LogP contribution in [-0.2, 0) is 6.54 Å². The van der Waals surface area contributed by atoms with Crippen LogP contribution in [0.4, 0.5) is 24.7 Å². The Morgan fingerprint density at radius 1 is 0.981 bits per heavy atom. The number of pyridine rings is 1. The molecule has 7 rings (SSSR count). The average Bonchev–Trinajstić information content (AvgIpc) is 3.51. The average molecular weight is 725 g/mol. The number of fused-ring (bicyclic) bond motifs is 1. The minimum Gasteiger partial charge on any atom is -0.497 e. The lowest BCUT2D eigenvalue weighted by molar-refractivity contribution is 0.102. The first-order chi connectivity index (χ1) is 25.7. The van der Waals surface area contributed by atoms with Crippen LogP contribution < -0.4 is 25.7 Å². The van der Waals surface area contributed by atoms with E-state index in [1.807, 2.05) is 31.2 Å². The second kappa shape index (κ2) is 15.2. The van der Waals surface area contributed by atoms with Crippen LogP contribution in [0.2, 0.25) is 0 Å². The first-order valence-corrected chi connectivity index (χ1v) is 16.9. The number of nitrogens with one attached hydrogen (secondary N) is 2. The van der Waals surface area contributed by atoms with Gasteiger partial charge in [-0.1, -0.05) is 19.1 Å². The number of carbonyl (C=O) groups is 1. The normalized spacial score (nSPS) is 16.0. The van der Waals surface area contributed by atoms with Crippen molar-refractivity contribution in [3.63, 3.8) is 0 Å². The number of ether oxygens (including phenoxy) is 2. The number of hydrogen-bond donors (Lipinski definition) is 2. The monoisotopic (exact) mass is 724 g/mol. The van der Waals surface area contributed by atoms with Gasteiger partial charge in [-0.25, -0.2) is 22.8 Å². The van der Waals surface area contributed by atoms with Crippen molar-refractivity contribution in [1.29, 1.82) is 0 Å². The molecule has 53 heavy (non-hydrogen) atoms. The molecule has 0 saturated carbocycles. The third-order valence-corrected chi connectivity index (χ3v) is 9.05. The molecule has 272 valence electrons. The van der Waals surface area contributed by atoms with Crippen molar-refractivity contribution in [1.82, 2.24) is 29.4 Å². The molecule has 1 aliphatic rings. The van der Waals surface area contributed by atoms with Crippen LogP contribution in [0.15, 0.2) is 96.1 Å². The van der Waals surface area contributed by atoms with Gasteiger partial charge in [0.25, 0.3) is 11.5 Å². The van der Waals surface area contributed by atoms with Gasteiger partial charge in [0.2, 0.25) is 0 Å². The van der Waals surface area contributed by atoms with Gasteiger partial charge in [-0.2, -0.15) is 14.9 Å². The van der Waals surface area contributed by atoms with Crippen LogP contribution in [0, 0.1) is 11.6 Å². The summed E-state index contributed by atoms with van der Waals surface area (Å²) in [5.74, 6) is -0.969. The summed E-state index contributed by atoms with van der Waals surface area (Å²) in [5.41, 5.74) is 0.679. The van der Waals surface area contributed by atoms with E-state index in [0.29, 0.717) is 42.1 Å². The van der Waals surface area contributed by atoms with Gasteiger partial charge in [0.15, 0.2) is 23.0 Å². The summed E-state index contributed by atoms with van der Waals surface area (Å²) in [6.07, 6.45) is 2.19. The van der Waals surface area contributed by atoms with Crippen LogP contribution in [0.25, 0.3) is 16.7 Å². The highest BCUT2D eigenvalue weighted by Gasteiger charge is 2.30. The number of alkyl halides is 1. The van der Waals surface area contributed by atoms with E-state index in [0.717, 1.165) is 29.4 Å². The standard InChI is InChI=1S/C38H35F3N8O4/c1-3-47-19-16-31(30(41)22-47)45-35-34-33(15-17-42-36(34)48(46-35)21-23-4-11-27(52-2)12-5-23)53-32-13-8-25(20-29(32)40)44-37(50)28-14-18-43-49(38(28)51)26-9-6-24(39)7-10-26/h4-15,17-18,20,30-31H,3,16,19,21-22H2,1-2H3,(H,44,50)(H,45,46)/t30-,31?/m1/s1. The van der Waals surface area contributed by atoms with Gasteiger partial charge in [-0.15, -0.1) is 0 Å². The molecule has 3 aromatic carbocycles. The maximum atomic E-state index is 15.6. The quantitative estimate of drug-likeness (QED) is 0.161. The molecule has 0 spiro atoms. The summed E-state index contributed by atoms with van der Waals surface area (Å²) in [7, 11) is 1.59. The Kier molecular flexibility index (Phi) is 10.1. The number of carbonyl (C=O) groups excluding carboxylic acids is 1. The second-order valence-corrected chi connectivity index (χ2v) is 12.5. The highest BCUT2D eigenvalue weighted by Crippen LogP contribution is 2.37. The van der Waals surface area contributed by atoms with Gasteiger partial charge in [0, 0.05) is 43.3 Å². The van der Waals surface area contributed by atoms with Gasteiger partial charge in [-0.3, -0.25) is 9.59 Å². The Bertz CT molecular complexity index is 2310. The Hall–Kier alpha value is -6.22. The van der Waals surface area contributed by atoms with Crippen molar-refractivity contribution < 1.29 is 27.4 Å². The third-order valence-electron chi connectivity index (χ3n) is 9.05. The van der Waals surface area contributed by atoms with E-state index in [9.17, 15) is 14.0 Å². The van der Waals surface area contributed by atoms with Crippen molar-refractivity contribution in [2.24, 2.45) is 0 Å². The molecule has 0 aliphatic carbocycles. The number of nitrogens with zero attached hydrogens (tertiary/aromatic N) is 6. The fourth-order valence-electron chi connectivity index (χ4n) is 6.19. The summed E-state index contributed by atoms with van der Waals surface area (Å²) in [5, 5.41) is 15.0. The van der Waals surface area contributed by atoms with Crippen LogP contribution in [-0.4, -0.2) is 74.3 Å². The number of aromatic nitrogens is 5. The van der Waals surface area contributed by atoms with Gasteiger partial charge >= 0.3 is 0 Å². The van der Waals surface area contributed by atoms with Gasteiger partial charge in [-0.05, 0) is 73.1 Å². The zero-order valence-electron chi connectivity index (χ0n) is 28.8. The van der Waals surface area contributed by atoms with Crippen LogP contribution in [0.5, 0.6) is 17.2 Å². The highest BCUT2D eigenvalue weighted by atomic mass is 19.1. The molecular weight excluding hydrogens is 689 g/mol. The zero-order valence-corrected chi connectivity index (χ0v) is 28.8. The number of halogens is 3. The molecule has 2 atom stereocenters. The predicted molar refractivity (Wildman–Crippen MR) is 193 cm³/mol. The minimum atomic E-state index is -1.15. The van der Waals surface area contributed by atoms with E-state index >= 15 is 8.78 Å². The van der Waals surface area contributed by atoms with Crippen LogP contribution in [0.3, 0.4) is 0 Å². The van der Waals surface area contributed by atoms with Gasteiger partial charge in [0.1, 0.15) is 34.4 Å².